The lowest BCUT2D eigenvalue weighted by Crippen LogP contribution is -2.57. The van der Waals surface area contributed by atoms with Gasteiger partial charge < -0.3 is 18.9 Å². The quantitative estimate of drug-likeness (QED) is 0.392. The predicted octanol–water partition coefficient (Wildman–Crippen LogP) is 5.86. The number of hydrogen-bond acceptors (Lipinski definition) is 4. The Hall–Kier alpha value is -1.66. The summed E-state index contributed by atoms with van der Waals surface area (Å²) in [6, 6.07) is 17.0. The van der Waals surface area contributed by atoms with Crippen molar-refractivity contribution in [1.29, 1.82) is 0 Å². The van der Waals surface area contributed by atoms with Crippen LogP contribution in [-0.4, -0.2) is 46.5 Å². The molecule has 0 bridgehead atoms. The molecule has 0 spiro atoms. The number of hydrogen-bond donors (Lipinski definition) is 0. The minimum atomic E-state index is -0.828. The lowest BCUT2D eigenvalue weighted by atomic mass is 9.70. The molecule has 2 aromatic carbocycles. The Morgan fingerprint density at radius 3 is 1.79 bits per heavy atom. The van der Waals surface area contributed by atoms with Crippen molar-refractivity contribution in [3.05, 3.63) is 59.7 Å². The van der Waals surface area contributed by atoms with Gasteiger partial charge in [0, 0.05) is 16.3 Å². The maximum atomic E-state index is 6.53. The fourth-order valence-corrected chi connectivity index (χ4v) is 4.70. The highest BCUT2D eigenvalue weighted by molar-refractivity contribution is 6.14. The Morgan fingerprint density at radius 1 is 0.794 bits per heavy atom. The standard InChI is InChI=1S/C29H39BO4/c1-6-28(17-31-18-28)19-34-27(5,30)25-14-12-24(13-15-25)23-10-8-22(9-11-23)16-33-26(3,4)29(7-2)20-32-21-29/h8-15H,6-7,16-21H2,1-5H3. The molecule has 2 aliphatic heterocycles. The zero-order chi connectivity index (χ0) is 24.5. The van der Waals surface area contributed by atoms with E-state index in [0.29, 0.717) is 13.2 Å². The van der Waals surface area contributed by atoms with E-state index in [1.165, 1.54) is 11.1 Å². The molecule has 0 amide bonds. The second-order valence-corrected chi connectivity index (χ2v) is 10.9. The molecule has 2 fully saturated rings. The Morgan fingerprint density at radius 2 is 1.35 bits per heavy atom. The van der Waals surface area contributed by atoms with Gasteiger partial charge in [-0.15, -0.1) is 0 Å². The third-order valence-electron chi connectivity index (χ3n) is 8.30. The molecule has 0 aromatic heterocycles. The van der Waals surface area contributed by atoms with Crippen molar-refractivity contribution >= 4 is 7.85 Å². The van der Waals surface area contributed by atoms with E-state index >= 15 is 0 Å². The second-order valence-electron chi connectivity index (χ2n) is 10.9. The molecule has 2 radical (unpaired) electrons. The van der Waals surface area contributed by atoms with E-state index in [1.54, 1.807) is 0 Å². The summed E-state index contributed by atoms with van der Waals surface area (Å²) in [5.74, 6) is 0. The van der Waals surface area contributed by atoms with Gasteiger partial charge in [0.1, 0.15) is 7.85 Å². The molecule has 2 aliphatic rings. The molecule has 0 saturated carbocycles. The topological polar surface area (TPSA) is 36.9 Å². The van der Waals surface area contributed by atoms with E-state index < -0.39 is 5.50 Å². The summed E-state index contributed by atoms with van der Waals surface area (Å²) in [7, 11) is 6.53. The van der Waals surface area contributed by atoms with Gasteiger partial charge in [0.05, 0.1) is 45.2 Å². The Labute approximate surface area is 206 Å². The van der Waals surface area contributed by atoms with Crippen LogP contribution in [0.5, 0.6) is 0 Å². The fraction of sp³-hybridized carbons (Fsp3) is 0.586. The zero-order valence-corrected chi connectivity index (χ0v) is 21.5. The molecular weight excluding hydrogens is 423 g/mol. The van der Waals surface area contributed by atoms with Crippen LogP contribution >= 0.6 is 0 Å². The average molecular weight is 462 g/mol. The van der Waals surface area contributed by atoms with Crippen molar-refractivity contribution in [2.45, 2.75) is 65.2 Å². The summed E-state index contributed by atoms with van der Waals surface area (Å²) in [6.07, 6.45) is 2.10. The minimum absolute atomic E-state index is 0.115. The maximum Gasteiger partial charge on any atom is 0.120 e. The average Bonchev–Trinajstić information content (AvgIpc) is 2.77. The molecular formula is C29H39BO4. The van der Waals surface area contributed by atoms with E-state index in [4.69, 9.17) is 26.8 Å². The van der Waals surface area contributed by atoms with Crippen molar-refractivity contribution in [2.24, 2.45) is 10.8 Å². The van der Waals surface area contributed by atoms with Gasteiger partial charge in [-0.25, -0.2) is 0 Å². The SMILES string of the molecule is [B]C(C)(OCC1(CC)COC1)c1ccc(-c2ccc(COC(C)(C)C3(CC)COC3)cc2)cc1. The Balaban J connectivity index is 1.35. The van der Waals surface area contributed by atoms with E-state index in [-0.39, 0.29) is 16.4 Å². The number of rotatable bonds is 11. The van der Waals surface area contributed by atoms with Gasteiger partial charge in [-0.05, 0) is 55.9 Å². The van der Waals surface area contributed by atoms with Crippen molar-refractivity contribution in [2.75, 3.05) is 33.0 Å². The van der Waals surface area contributed by atoms with E-state index in [0.717, 1.165) is 50.4 Å². The molecule has 2 saturated heterocycles. The normalized spacial score (nSPS) is 20.7. The third-order valence-corrected chi connectivity index (χ3v) is 8.30. The highest BCUT2D eigenvalue weighted by Gasteiger charge is 2.50. The molecule has 2 aromatic rings. The third kappa shape index (κ3) is 4.99. The molecule has 1 atom stereocenters. The first-order valence-electron chi connectivity index (χ1n) is 12.6. The van der Waals surface area contributed by atoms with Gasteiger partial charge in [-0.2, -0.15) is 0 Å². The molecule has 182 valence electrons. The Kier molecular flexibility index (Phi) is 7.31. The van der Waals surface area contributed by atoms with Crippen LogP contribution in [0.25, 0.3) is 11.1 Å². The molecule has 5 heteroatoms. The largest absolute Gasteiger partial charge is 0.380 e. The molecule has 0 aliphatic carbocycles. The summed E-state index contributed by atoms with van der Waals surface area (Å²) in [5, 5.41) is 0. The predicted molar refractivity (Wildman–Crippen MR) is 137 cm³/mol. The van der Waals surface area contributed by atoms with Crippen LogP contribution in [0.3, 0.4) is 0 Å². The summed E-state index contributed by atoms with van der Waals surface area (Å²) < 4.78 is 23.4. The van der Waals surface area contributed by atoms with Crippen LogP contribution in [0.15, 0.2) is 48.5 Å². The first-order valence-corrected chi connectivity index (χ1v) is 12.6. The summed E-state index contributed by atoms with van der Waals surface area (Å²) in [6.45, 7) is 15.0. The van der Waals surface area contributed by atoms with E-state index in [2.05, 4.69) is 76.2 Å². The lowest BCUT2D eigenvalue weighted by molar-refractivity contribution is -0.232. The highest BCUT2D eigenvalue weighted by Crippen LogP contribution is 2.44. The molecule has 2 heterocycles. The van der Waals surface area contributed by atoms with Crippen molar-refractivity contribution in [1.82, 2.24) is 0 Å². The van der Waals surface area contributed by atoms with Crippen molar-refractivity contribution in [3.8, 4) is 11.1 Å². The summed E-state index contributed by atoms with van der Waals surface area (Å²) in [4.78, 5) is 0. The van der Waals surface area contributed by atoms with E-state index in [1.807, 2.05) is 6.92 Å². The molecule has 1 unspecified atom stereocenters. The minimum Gasteiger partial charge on any atom is -0.380 e. The summed E-state index contributed by atoms with van der Waals surface area (Å²) in [5.41, 5.74) is 3.67. The molecule has 4 rings (SSSR count). The maximum absolute atomic E-state index is 6.53. The smallest absolute Gasteiger partial charge is 0.120 e. The van der Waals surface area contributed by atoms with Crippen molar-refractivity contribution in [3.63, 3.8) is 0 Å². The van der Waals surface area contributed by atoms with Gasteiger partial charge in [-0.1, -0.05) is 62.4 Å². The van der Waals surface area contributed by atoms with Crippen molar-refractivity contribution < 1.29 is 18.9 Å². The van der Waals surface area contributed by atoms with Crippen LogP contribution in [0.1, 0.15) is 58.6 Å². The summed E-state index contributed by atoms with van der Waals surface area (Å²) >= 11 is 0. The van der Waals surface area contributed by atoms with E-state index in [9.17, 15) is 0 Å². The fourth-order valence-electron chi connectivity index (χ4n) is 4.70. The number of benzene rings is 2. The van der Waals surface area contributed by atoms with Gasteiger partial charge >= 0.3 is 0 Å². The van der Waals surface area contributed by atoms with Crippen LogP contribution < -0.4 is 0 Å². The first kappa shape index (κ1) is 25.4. The van der Waals surface area contributed by atoms with Crippen LogP contribution in [0, 0.1) is 10.8 Å². The molecule has 4 nitrogen and oxygen atoms in total. The number of ether oxygens (including phenoxy) is 4. The van der Waals surface area contributed by atoms with Gasteiger partial charge in [0.2, 0.25) is 0 Å². The lowest BCUT2D eigenvalue weighted by Gasteiger charge is -2.51. The van der Waals surface area contributed by atoms with Gasteiger partial charge in [0.15, 0.2) is 0 Å². The second kappa shape index (κ2) is 9.77. The molecule has 34 heavy (non-hydrogen) atoms. The molecule has 0 N–H and O–H groups in total. The van der Waals surface area contributed by atoms with Gasteiger partial charge in [-0.3, -0.25) is 0 Å². The highest BCUT2D eigenvalue weighted by atomic mass is 16.5. The van der Waals surface area contributed by atoms with Crippen LogP contribution in [0.4, 0.5) is 0 Å². The van der Waals surface area contributed by atoms with Crippen LogP contribution in [0.2, 0.25) is 0 Å². The Bertz CT molecular complexity index is 930. The van der Waals surface area contributed by atoms with Gasteiger partial charge in [0.25, 0.3) is 0 Å². The monoisotopic (exact) mass is 462 g/mol. The van der Waals surface area contributed by atoms with Crippen LogP contribution in [-0.2, 0) is 31.1 Å². The zero-order valence-electron chi connectivity index (χ0n) is 21.5. The first-order chi connectivity index (χ1) is 16.1.